The lowest BCUT2D eigenvalue weighted by Crippen LogP contribution is -1.99. The summed E-state index contributed by atoms with van der Waals surface area (Å²) >= 11 is 4.63. The fraction of sp³-hybridized carbons (Fsp3) is 0.250. The van der Waals surface area contributed by atoms with Gasteiger partial charge in [0.05, 0.1) is 0 Å². The van der Waals surface area contributed by atoms with Crippen molar-refractivity contribution in [3.8, 4) is 12.3 Å². The Bertz CT molecular complexity index is 277. The predicted octanol–water partition coefficient (Wildman–Crippen LogP) is -0.0311. The summed E-state index contributed by atoms with van der Waals surface area (Å²) in [5, 5.41) is 9.73. The molecule has 0 aliphatic carbocycles. The molecule has 1 N–H and O–H groups in total. The van der Waals surface area contributed by atoms with E-state index in [0.29, 0.717) is 11.3 Å². The van der Waals surface area contributed by atoms with Crippen molar-refractivity contribution in [2.75, 3.05) is 0 Å². The highest BCUT2D eigenvalue weighted by atomic mass is 32.1. The molecule has 0 aromatic carbocycles. The molecule has 4 nitrogen and oxygen atoms in total. The van der Waals surface area contributed by atoms with E-state index in [1.807, 2.05) is 0 Å². The van der Waals surface area contributed by atoms with E-state index in [4.69, 9.17) is 6.42 Å². The van der Waals surface area contributed by atoms with E-state index in [9.17, 15) is 0 Å². The monoisotopic (exact) mass is 140 g/mol. The standard InChI is InChI=1S/C4H4N4S/c1-2-3-8-6-4(9)5-7-8/h1H,3H2,(H,6,9). The van der Waals surface area contributed by atoms with Crippen LogP contribution in [0.4, 0.5) is 0 Å². The Morgan fingerprint density at radius 3 is 3.11 bits per heavy atom. The smallest absolute Gasteiger partial charge is 0.235 e. The van der Waals surface area contributed by atoms with E-state index < -0.39 is 0 Å². The highest BCUT2D eigenvalue weighted by molar-refractivity contribution is 7.71. The van der Waals surface area contributed by atoms with E-state index in [-0.39, 0.29) is 0 Å². The number of aromatic amines is 1. The van der Waals surface area contributed by atoms with E-state index in [1.54, 1.807) is 0 Å². The molecule has 1 heterocycles. The number of hydrogen-bond acceptors (Lipinski definition) is 3. The fourth-order valence-electron chi connectivity index (χ4n) is 0.407. The van der Waals surface area contributed by atoms with E-state index in [0.717, 1.165) is 0 Å². The summed E-state index contributed by atoms with van der Waals surface area (Å²) in [6.07, 6.45) is 4.98. The molecule has 0 saturated heterocycles. The van der Waals surface area contributed by atoms with Gasteiger partial charge in [0.15, 0.2) is 0 Å². The van der Waals surface area contributed by atoms with Crippen molar-refractivity contribution >= 4 is 12.2 Å². The van der Waals surface area contributed by atoms with Crippen LogP contribution >= 0.6 is 12.2 Å². The second-order valence-corrected chi connectivity index (χ2v) is 1.75. The van der Waals surface area contributed by atoms with Crippen molar-refractivity contribution in [2.24, 2.45) is 0 Å². The molecule has 46 valence electrons. The number of tetrazole rings is 1. The van der Waals surface area contributed by atoms with Gasteiger partial charge in [-0.05, 0) is 17.4 Å². The maximum atomic E-state index is 4.98. The molecule has 1 aromatic heterocycles. The van der Waals surface area contributed by atoms with Gasteiger partial charge in [-0.3, -0.25) is 5.10 Å². The number of rotatable bonds is 1. The molecule has 0 unspecified atom stereocenters. The number of nitrogens with one attached hydrogen (secondary N) is 1. The maximum absolute atomic E-state index is 4.98. The van der Waals surface area contributed by atoms with Gasteiger partial charge in [0, 0.05) is 0 Å². The minimum atomic E-state index is 0.352. The summed E-state index contributed by atoms with van der Waals surface area (Å²) in [5.74, 6) is 2.38. The van der Waals surface area contributed by atoms with E-state index in [2.05, 4.69) is 33.5 Å². The average molecular weight is 140 g/mol. The SMILES string of the molecule is C#CCn1nnc(=S)[nH]1. The van der Waals surface area contributed by atoms with Gasteiger partial charge >= 0.3 is 0 Å². The van der Waals surface area contributed by atoms with Gasteiger partial charge in [-0.2, -0.15) is 4.80 Å². The molecule has 1 rings (SSSR count). The van der Waals surface area contributed by atoms with Crippen molar-refractivity contribution in [3.63, 3.8) is 0 Å². The van der Waals surface area contributed by atoms with Crippen LogP contribution in [-0.2, 0) is 6.54 Å². The number of terminal acetylenes is 1. The Kier molecular flexibility index (Phi) is 1.60. The summed E-state index contributed by atoms with van der Waals surface area (Å²) in [6.45, 7) is 0.379. The Labute approximate surface area is 56.9 Å². The van der Waals surface area contributed by atoms with Gasteiger partial charge < -0.3 is 0 Å². The van der Waals surface area contributed by atoms with Crippen molar-refractivity contribution in [1.82, 2.24) is 20.2 Å². The minimum absolute atomic E-state index is 0.352. The number of hydrogen-bond donors (Lipinski definition) is 1. The molecule has 0 saturated carbocycles. The quantitative estimate of drug-likeness (QED) is 0.440. The molecular formula is C4H4N4S. The molecule has 0 aliphatic heterocycles. The Morgan fingerprint density at radius 1 is 1.89 bits per heavy atom. The number of aromatic nitrogens is 4. The first-order chi connectivity index (χ1) is 4.33. The molecule has 0 amide bonds. The molecule has 0 radical (unpaired) electrons. The highest BCUT2D eigenvalue weighted by Gasteiger charge is 1.85. The number of H-pyrrole nitrogens is 1. The van der Waals surface area contributed by atoms with Crippen molar-refractivity contribution < 1.29 is 0 Å². The largest absolute Gasteiger partial charge is 0.252 e. The molecule has 0 bridgehead atoms. The predicted molar refractivity (Wildman–Crippen MR) is 34.0 cm³/mol. The van der Waals surface area contributed by atoms with Crippen molar-refractivity contribution in [2.45, 2.75) is 6.54 Å². The molecule has 0 fully saturated rings. The van der Waals surface area contributed by atoms with Crippen LogP contribution in [0.5, 0.6) is 0 Å². The molecule has 0 aliphatic rings. The first-order valence-electron chi connectivity index (χ1n) is 2.26. The lowest BCUT2D eigenvalue weighted by Gasteiger charge is -1.85. The molecular weight excluding hydrogens is 136 g/mol. The van der Waals surface area contributed by atoms with Crippen LogP contribution in [-0.4, -0.2) is 20.2 Å². The van der Waals surface area contributed by atoms with Crippen LogP contribution < -0.4 is 0 Å². The van der Waals surface area contributed by atoms with E-state index in [1.165, 1.54) is 4.80 Å². The minimum Gasteiger partial charge on any atom is -0.252 e. The topological polar surface area (TPSA) is 46.5 Å². The second kappa shape index (κ2) is 2.42. The van der Waals surface area contributed by atoms with Crippen molar-refractivity contribution in [1.29, 1.82) is 0 Å². The second-order valence-electron chi connectivity index (χ2n) is 1.37. The van der Waals surface area contributed by atoms with Gasteiger partial charge in [-0.15, -0.1) is 6.42 Å². The molecule has 0 atom stereocenters. The summed E-state index contributed by atoms with van der Waals surface area (Å²) in [7, 11) is 0. The first kappa shape index (κ1) is 5.98. The highest BCUT2D eigenvalue weighted by Crippen LogP contribution is 1.74. The van der Waals surface area contributed by atoms with Gasteiger partial charge in [-0.25, -0.2) is 0 Å². The third-order valence-corrected chi connectivity index (χ3v) is 0.882. The van der Waals surface area contributed by atoms with Crippen LogP contribution in [0.25, 0.3) is 0 Å². The van der Waals surface area contributed by atoms with E-state index >= 15 is 0 Å². The van der Waals surface area contributed by atoms with Crippen LogP contribution in [0.1, 0.15) is 0 Å². The lowest BCUT2D eigenvalue weighted by atomic mass is 10.7. The Hall–Kier alpha value is -1.15. The van der Waals surface area contributed by atoms with Crippen LogP contribution in [0.2, 0.25) is 0 Å². The van der Waals surface area contributed by atoms with Crippen LogP contribution in [0.15, 0.2) is 0 Å². The molecule has 0 spiro atoms. The van der Waals surface area contributed by atoms with Gasteiger partial charge in [0.2, 0.25) is 4.77 Å². The third kappa shape index (κ3) is 1.37. The normalized spacial score (nSPS) is 8.78. The third-order valence-electron chi connectivity index (χ3n) is 0.709. The molecule has 9 heavy (non-hydrogen) atoms. The maximum Gasteiger partial charge on any atom is 0.235 e. The summed E-state index contributed by atoms with van der Waals surface area (Å²) in [4.78, 5) is 1.39. The Morgan fingerprint density at radius 2 is 2.67 bits per heavy atom. The lowest BCUT2D eigenvalue weighted by molar-refractivity contribution is 0.591. The molecule has 1 aromatic rings. The Balaban J connectivity index is 2.88. The average Bonchev–Trinajstić information content (AvgIpc) is 2.17. The summed E-state index contributed by atoms with van der Waals surface area (Å²) in [5.41, 5.74) is 0. The van der Waals surface area contributed by atoms with Gasteiger partial charge in [-0.1, -0.05) is 11.0 Å². The summed E-state index contributed by atoms with van der Waals surface area (Å²) < 4.78 is 0.352. The summed E-state index contributed by atoms with van der Waals surface area (Å²) in [6, 6.07) is 0. The zero-order chi connectivity index (χ0) is 6.69. The van der Waals surface area contributed by atoms with Crippen molar-refractivity contribution in [3.05, 3.63) is 4.77 Å². The first-order valence-corrected chi connectivity index (χ1v) is 2.67. The zero-order valence-electron chi connectivity index (χ0n) is 4.53. The van der Waals surface area contributed by atoms with Crippen LogP contribution in [0.3, 0.4) is 0 Å². The van der Waals surface area contributed by atoms with Crippen LogP contribution in [0, 0.1) is 17.1 Å². The number of nitrogens with zero attached hydrogens (tertiary/aromatic N) is 3. The van der Waals surface area contributed by atoms with Gasteiger partial charge in [0.1, 0.15) is 6.54 Å². The fourth-order valence-corrected chi connectivity index (χ4v) is 0.549. The van der Waals surface area contributed by atoms with Gasteiger partial charge in [0.25, 0.3) is 0 Å². The molecule has 5 heteroatoms. The zero-order valence-corrected chi connectivity index (χ0v) is 5.35.